The minimum absolute atomic E-state index is 0.114. The van der Waals surface area contributed by atoms with E-state index in [1.165, 1.54) is 11.3 Å². The van der Waals surface area contributed by atoms with Gasteiger partial charge in [0.05, 0.1) is 18.7 Å². The number of ether oxygens (including phenoxy) is 3. The number of amides is 1. The Labute approximate surface area is 173 Å². The monoisotopic (exact) mass is 410 g/mol. The van der Waals surface area contributed by atoms with Crippen LogP contribution in [-0.2, 0) is 4.79 Å². The lowest BCUT2D eigenvalue weighted by atomic mass is 10.00. The first-order chi connectivity index (χ1) is 14.0. The van der Waals surface area contributed by atoms with Crippen molar-refractivity contribution in [1.82, 2.24) is 4.98 Å². The van der Waals surface area contributed by atoms with E-state index in [-0.39, 0.29) is 11.8 Å². The Hall–Kier alpha value is -3.06. The topological polar surface area (TPSA) is 69.7 Å². The molecule has 1 aromatic heterocycles. The number of hydrogen-bond donors (Lipinski definition) is 1. The maximum atomic E-state index is 12.8. The number of nitrogens with one attached hydrogen (secondary N) is 1. The van der Waals surface area contributed by atoms with Crippen molar-refractivity contribution in [3.63, 3.8) is 0 Å². The molecule has 7 heteroatoms. The van der Waals surface area contributed by atoms with Gasteiger partial charge in [0.25, 0.3) is 0 Å². The molecule has 0 bridgehead atoms. The highest BCUT2D eigenvalue weighted by Crippen LogP contribution is 2.34. The number of hydrogen-bond acceptors (Lipinski definition) is 6. The molecule has 2 aromatic carbocycles. The summed E-state index contributed by atoms with van der Waals surface area (Å²) < 4.78 is 16.4. The summed E-state index contributed by atoms with van der Waals surface area (Å²) in [5, 5.41) is 3.53. The Morgan fingerprint density at radius 2 is 1.86 bits per heavy atom. The molecule has 0 saturated carbocycles. The van der Waals surface area contributed by atoms with Crippen molar-refractivity contribution in [3.05, 3.63) is 52.9 Å². The second kappa shape index (κ2) is 8.13. The molecule has 1 unspecified atom stereocenters. The molecule has 0 saturated heterocycles. The highest BCUT2D eigenvalue weighted by atomic mass is 32.1. The molecule has 1 aliphatic heterocycles. The quantitative estimate of drug-likeness (QED) is 0.664. The van der Waals surface area contributed by atoms with Crippen molar-refractivity contribution < 1.29 is 19.0 Å². The molecule has 1 N–H and O–H groups in total. The molecule has 6 nitrogen and oxygen atoms in total. The van der Waals surface area contributed by atoms with Crippen LogP contribution in [-0.4, -0.2) is 31.2 Å². The zero-order chi connectivity index (χ0) is 20.4. The molecule has 1 amide bonds. The van der Waals surface area contributed by atoms with Gasteiger partial charge in [0.1, 0.15) is 19.0 Å². The second-order valence-corrected chi connectivity index (χ2v) is 7.97. The van der Waals surface area contributed by atoms with Gasteiger partial charge in [0.2, 0.25) is 5.91 Å². The Balaban J connectivity index is 1.49. The van der Waals surface area contributed by atoms with Crippen molar-refractivity contribution >= 4 is 22.4 Å². The number of thiazole rings is 1. The summed E-state index contributed by atoms with van der Waals surface area (Å²) in [6, 6.07) is 13.3. The molecule has 4 rings (SSSR count). The molecule has 1 atom stereocenters. The van der Waals surface area contributed by atoms with Crippen LogP contribution >= 0.6 is 11.3 Å². The maximum Gasteiger partial charge on any atom is 0.233 e. The standard InChI is InChI=1S/C22H22N2O4S/c1-13(16-6-9-18-19(12-16)28-11-10-27-18)21(25)24-22-23-20(14(2)29-22)15-4-7-17(26-3)8-5-15/h4-9,12-13H,10-11H2,1-3H3,(H,23,24,25). The summed E-state index contributed by atoms with van der Waals surface area (Å²) in [6.07, 6.45) is 0. The van der Waals surface area contributed by atoms with Gasteiger partial charge in [0, 0.05) is 10.4 Å². The third-order valence-corrected chi connectivity index (χ3v) is 5.74. The SMILES string of the molecule is COc1ccc(-c2nc(NC(=O)C(C)c3ccc4c(c3)OCCO4)sc2C)cc1. The van der Waals surface area contributed by atoms with Crippen molar-refractivity contribution in [2.45, 2.75) is 19.8 Å². The van der Waals surface area contributed by atoms with Crippen molar-refractivity contribution in [3.8, 4) is 28.5 Å². The number of carbonyl (C=O) groups excluding carboxylic acids is 1. The summed E-state index contributed by atoms with van der Waals surface area (Å²) in [4.78, 5) is 18.5. The first-order valence-corrected chi connectivity index (χ1v) is 10.2. The van der Waals surface area contributed by atoms with Crippen molar-refractivity contribution in [2.24, 2.45) is 0 Å². The fraction of sp³-hybridized carbons (Fsp3) is 0.273. The average Bonchev–Trinajstić information content (AvgIpc) is 3.12. The van der Waals surface area contributed by atoms with Crippen LogP contribution in [0.5, 0.6) is 17.2 Å². The van der Waals surface area contributed by atoms with Gasteiger partial charge in [-0.25, -0.2) is 4.98 Å². The van der Waals surface area contributed by atoms with E-state index in [2.05, 4.69) is 10.3 Å². The van der Waals surface area contributed by atoms with Crippen LogP contribution in [0.4, 0.5) is 5.13 Å². The number of anilines is 1. The van der Waals surface area contributed by atoms with Crippen LogP contribution in [0.25, 0.3) is 11.3 Å². The molecule has 150 valence electrons. The minimum atomic E-state index is -0.348. The first-order valence-electron chi connectivity index (χ1n) is 9.37. The Bertz CT molecular complexity index is 1030. The molecule has 0 aliphatic carbocycles. The predicted octanol–water partition coefficient (Wildman–Crippen LogP) is 4.64. The molecule has 29 heavy (non-hydrogen) atoms. The lowest BCUT2D eigenvalue weighted by molar-refractivity contribution is -0.117. The van der Waals surface area contributed by atoms with Crippen molar-refractivity contribution in [2.75, 3.05) is 25.6 Å². The predicted molar refractivity (Wildman–Crippen MR) is 113 cm³/mol. The highest BCUT2D eigenvalue weighted by molar-refractivity contribution is 7.16. The number of benzene rings is 2. The highest BCUT2D eigenvalue weighted by Gasteiger charge is 2.21. The molecule has 0 spiro atoms. The Morgan fingerprint density at radius 1 is 1.14 bits per heavy atom. The normalized spacial score (nSPS) is 13.6. The number of rotatable bonds is 5. The molecule has 0 radical (unpaired) electrons. The molecular weight excluding hydrogens is 388 g/mol. The largest absolute Gasteiger partial charge is 0.497 e. The molecule has 0 fully saturated rings. The minimum Gasteiger partial charge on any atom is -0.497 e. The summed E-state index contributed by atoms with van der Waals surface area (Å²) in [6.45, 7) is 4.93. The van der Waals surface area contributed by atoms with E-state index in [0.717, 1.165) is 27.4 Å². The van der Waals surface area contributed by atoms with E-state index in [4.69, 9.17) is 14.2 Å². The Kier molecular flexibility index (Phi) is 5.40. The number of aryl methyl sites for hydroxylation is 1. The van der Waals surface area contributed by atoms with Crippen LogP contribution in [0.3, 0.4) is 0 Å². The number of aromatic nitrogens is 1. The second-order valence-electron chi connectivity index (χ2n) is 6.77. The number of nitrogens with zero attached hydrogens (tertiary/aromatic N) is 1. The summed E-state index contributed by atoms with van der Waals surface area (Å²) >= 11 is 1.46. The Morgan fingerprint density at radius 3 is 2.59 bits per heavy atom. The third-order valence-electron chi connectivity index (χ3n) is 4.85. The smallest absolute Gasteiger partial charge is 0.233 e. The van der Waals surface area contributed by atoms with Gasteiger partial charge in [-0.1, -0.05) is 6.07 Å². The van der Waals surface area contributed by atoms with Crippen LogP contribution < -0.4 is 19.5 Å². The molecule has 2 heterocycles. The molecule has 3 aromatic rings. The van der Waals surface area contributed by atoms with Gasteiger partial charge in [-0.15, -0.1) is 11.3 Å². The lowest BCUT2D eigenvalue weighted by Gasteiger charge is -2.20. The lowest BCUT2D eigenvalue weighted by Crippen LogP contribution is -2.20. The van der Waals surface area contributed by atoms with Gasteiger partial charge >= 0.3 is 0 Å². The van der Waals surface area contributed by atoms with E-state index in [9.17, 15) is 4.79 Å². The molecule has 1 aliphatic rings. The zero-order valence-corrected chi connectivity index (χ0v) is 17.3. The average molecular weight is 410 g/mol. The van der Waals surface area contributed by atoms with E-state index >= 15 is 0 Å². The van der Waals surface area contributed by atoms with Crippen LogP contribution in [0.2, 0.25) is 0 Å². The van der Waals surface area contributed by atoms with Gasteiger partial charge in [-0.05, 0) is 55.8 Å². The number of carbonyl (C=O) groups is 1. The van der Waals surface area contributed by atoms with E-state index in [1.807, 2.05) is 56.3 Å². The van der Waals surface area contributed by atoms with E-state index in [0.29, 0.717) is 29.8 Å². The van der Waals surface area contributed by atoms with Gasteiger partial charge in [-0.3, -0.25) is 4.79 Å². The fourth-order valence-electron chi connectivity index (χ4n) is 3.16. The summed E-state index contributed by atoms with van der Waals surface area (Å²) in [5.41, 5.74) is 2.72. The van der Waals surface area contributed by atoms with Gasteiger partial charge < -0.3 is 19.5 Å². The van der Waals surface area contributed by atoms with Crippen LogP contribution in [0.15, 0.2) is 42.5 Å². The van der Waals surface area contributed by atoms with Crippen molar-refractivity contribution in [1.29, 1.82) is 0 Å². The van der Waals surface area contributed by atoms with Crippen LogP contribution in [0, 0.1) is 6.92 Å². The van der Waals surface area contributed by atoms with E-state index < -0.39 is 0 Å². The summed E-state index contributed by atoms with van der Waals surface area (Å²) in [7, 11) is 1.64. The summed E-state index contributed by atoms with van der Waals surface area (Å²) in [5.74, 6) is 1.73. The third kappa shape index (κ3) is 4.05. The van der Waals surface area contributed by atoms with Crippen LogP contribution in [0.1, 0.15) is 23.3 Å². The first kappa shape index (κ1) is 19.3. The van der Waals surface area contributed by atoms with Gasteiger partial charge in [0.15, 0.2) is 16.6 Å². The van der Waals surface area contributed by atoms with Gasteiger partial charge in [-0.2, -0.15) is 0 Å². The molecular formula is C22H22N2O4S. The van der Waals surface area contributed by atoms with E-state index in [1.54, 1.807) is 7.11 Å². The maximum absolute atomic E-state index is 12.8. The zero-order valence-electron chi connectivity index (χ0n) is 16.5. The number of fused-ring (bicyclic) bond motifs is 1. The number of methoxy groups -OCH3 is 1. The fourth-order valence-corrected chi connectivity index (χ4v) is 4.00.